The van der Waals surface area contributed by atoms with Crippen LogP contribution in [0.4, 0.5) is 0 Å². The molecule has 2 aromatic carbocycles. The molecule has 0 unspecified atom stereocenters. The minimum absolute atomic E-state index is 0. The Bertz CT molecular complexity index is 851. The van der Waals surface area contributed by atoms with Crippen molar-refractivity contribution in [3.05, 3.63) is 158 Å². The van der Waals surface area contributed by atoms with Crippen molar-refractivity contribution in [2.24, 2.45) is 0 Å². The van der Waals surface area contributed by atoms with Crippen molar-refractivity contribution in [1.29, 1.82) is 0 Å². The van der Waals surface area contributed by atoms with Crippen molar-refractivity contribution in [2.75, 3.05) is 0 Å². The third kappa shape index (κ3) is 78.9. The van der Waals surface area contributed by atoms with Crippen LogP contribution in [0.15, 0.2) is 60.7 Å². The topological polar surface area (TPSA) is 253 Å². The van der Waals surface area contributed by atoms with Gasteiger partial charge in [-0.05, 0) is 0 Å². The molecule has 0 aliphatic rings. The van der Waals surface area contributed by atoms with Crippen molar-refractivity contribution in [2.45, 2.75) is 0 Å². The van der Waals surface area contributed by atoms with Crippen LogP contribution in [0.2, 0.25) is 0 Å². The average molecular weight is 1120 g/mol. The van der Waals surface area contributed by atoms with Gasteiger partial charge in [0.1, 0.15) is 0 Å². The summed E-state index contributed by atoms with van der Waals surface area (Å²) in [6.45, 7) is 49.5. The van der Waals surface area contributed by atoms with E-state index >= 15 is 0 Å². The molecule has 0 heterocycles. The Morgan fingerprint density at radius 3 is 0.628 bits per heavy atom. The van der Waals surface area contributed by atoms with E-state index < -0.39 is 0 Å². The van der Waals surface area contributed by atoms with Crippen LogP contribution in [0.5, 0.6) is 0 Å². The fraction of sp³-hybridized carbons (Fsp3) is 0. The number of benzene rings is 2. The van der Waals surface area contributed by atoms with E-state index in [9.17, 15) is 9.59 Å². The molecule has 0 spiro atoms. The predicted molar refractivity (Wildman–Crippen MR) is 113 cm³/mol. The molecule has 16 heteroatoms. The van der Waals surface area contributed by atoms with Crippen LogP contribution in [-0.2, 0) is 111 Å². The molecule has 0 fully saturated rings. The SMILES string of the molecule is O=C([CH][CH]C(=O)c1ccccc1)c1ccccc1.[C-]#[O+].[C-]#[O+].[C-]#[O+].[C-]#[O+].[C-]#[O+].[C-]#[O+].[C-]#[O+].[C-]#[O+].[C-]#[O+].[C-]#[O+].[C-]#[O+].[Os].[Os].[Os]. The Morgan fingerprint density at radius 2 is 0.488 bits per heavy atom. The van der Waals surface area contributed by atoms with E-state index in [2.05, 4.69) is 73.2 Å². The molecule has 0 aliphatic heterocycles. The number of carbonyl (C=O) groups is 2. The molecule has 0 aromatic heterocycles. The molecule has 2 radical (unpaired) electrons. The summed E-state index contributed by atoms with van der Waals surface area (Å²) in [6.07, 6.45) is 2.62. The summed E-state index contributed by atoms with van der Waals surface area (Å²) in [5.41, 5.74) is 1.16. The van der Waals surface area contributed by atoms with Gasteiger partial charge in [-0.1, -0.05) is 60.7 Å². The molecule has 0 saturated carbocycles. The Hall–Kier alpha value is -3.17. The van der Waals surface area contributed by atoms with E-state index in [0.29, 0.717) is 11.1 Å². The van der Waals surface area contributed by atoms with Crippen LogP contribution < -0.4 is 0 Å². The van der Waals surface area contributed by atoms with Crippen LogP contribution >= 0.6 is 0 Å². The third-order valence-electron chi connectivity index (χ3n) is 2.50. The van der Waals surface area contributed by atoms with E-state index in [4.69, 9.17) is 51.2 Å². The summed E-state index contributed by atoms with van der Waals surface area (Å²) in [4.78, 5) is 23.5. The second-order valence-electron chi connectivity index (χ2n) is 3.79. The molecule has 0 amide bonds. The van der Waals surface area contributed by atoms with Crippen molar-refractivity contribution in [1.82, 2.24) is 0 Å². The van der Waals surface area contributed by atoms with Crippen LogP contribution in [0.3, 0.4) is 0 Å². The summed E-state index contributed by atoms with van der Waals surface area (Å²) in [6, 6.07) is 17.7. The van der Waals surface area contributed by atoms with Crippen LogP contribution in [0.25, 0.3) is 0 Å². The van der Waals surface area contributed by atoms with Gasteiger partial charge in [0.05, 0.1) is 0 Å². The summed E-state index contributed by atoms with van der Waals surface area (Å²) in [5, 5.41) is 0. The maximum absolute atomic E-state index is 11.7. The zero-order chi connectivity index (χ0) is 34.8. The van der Waals surface area contributed by atoms with E-state index in [1.165, 1.54) is 12.8 Å². The average Bonchev–Trinajstić information content (AvgIpc) is 3.14. The number of ketones is 2. The maximum Gasteiger partial charge on any atom is 0 e. The van der Waals surface area contributed by atoms with Gasteiger partial charge >= 0.3 is 124 Å². The molecule has 0 aliphatic carbocycles. The molecule has 0 atom stereocenters. The van der Waals surface area contributed by atoms with E-state index in [0.717, 1.165) is 0 Å². The second-order valence-corrected chi connectivity index (χ2v) is 3.79. The van der Waals surface area contributed by atoms with Crippen molar-refractivity contribution >= 4 is 11.6 Å². The first-order valence-corrected chi connectivity index (χ1v) is 7.89. The molecule has 2 rings (SSSR count). The van der Waals surface area contributed by atoms with Gasteiger partial charge in [-0.3, -0.25) is 9.59 Å². The summed E-state index contributed by atoms with van der Waals surface area (Å²) >= 11 is 0. The Kier molecular flexibility index (Phi) is 248. The zero-order valence-corrected chi connectivity index (χ0v) is 28.4. The zero-order valence-electron chi connectivity index (χ0n) is 20.8. The molecule has 0 bridgehead atoms. The normalized spacial score (nSPS) is 4.70. The fourth-order valence-corrected chi connectivity index (χ4v) is 1.55. The Morgan fingerprint density at radius 1 is 0.349 bits per heavy atom. The number of Topliss-reactive ketones (excluding diaryl/α,β-unsaturated/α-hetero) is 2. The van der Waals surface area contributed by atoms with Gasteiger partial charge in [0, 0.05) is 83.3 Å². The van der Waals surface area contributed by atoms with Gasteiger partial charge in [-0.25, -0.2) is 0 Å². The Balaban J connectivity index is -0.0000000280. The van der Waals surface area contributed by atoms with E-state index in [-0.39, 0.29) is 70.9 Å². The van der Waals surface area contributed by atoms with Gasteiger partial charge < -0.3 is 0 Å². The fourth-order valence-electron chi connectivity index (χ4n) is 1.55. The van der Waals surface area contributed by atoms with E-state index in [1.54, 1.807) is 48.5 Å². The third-order valence-corrected chi connectivity index (χ3v) is 2.50. The molecule has 222 valence electrons. The molecule has 13 nitrogen and oxygen atoms in total. The number of hydrogen-bond acceptors (Lipinski definition) is 2. The second kappa shape index (κ2) is 128. The predicted octanol–water partition coefficient (Wildman–Crippen LogP) is 2.74. The summed E-state index contributed by atoms with van der Waals surface area (Å²) in [7, 11) is 0. The molecule has 0 saturated heterocycles. The standard InChI is InChI=1S/C16H12O2.11CO.3Os/c17-15(13-7-3-1-4-8-13)11-12-16(18)14-9-5-2-6-10-14;11*1-2;;;/h1-12H;;;;;;;;;;;;;;. The van der Waals surface area contributed by atoms with Crippen molar-refractivity contribution in [3.63, 3.8) is 0 Å². The molecule has 2 aromatic rings. The minimum atomic E-state index is -0.167. The largest absolute Gasteiger partial charge is 0 e. The van der Waals surface area contributed by atoms with Gasteiger partial charge in [0.2, 0.25) is 0 Å². The number of carbonyl (C=O) groups excluding carboxylic acids is 2. The monoisotopic (exact) mass is 1120 g/mol. The maximum atomic E-state index is 11.7. The van der Waals surface area contributed by atoms with Crippen molar-refractivity contribution < 1.29 is 120 Å². The van der Waals surface area contributed by atoms with Crippen LogP contribution in [0.1, 0.15) is 20.7 Å². The smallest absolute Gasteiger partial charge is 0 e. The quantitative estimate of drug-likeness (QED) is 0.249. The molecular weight excluding hydrogens is 1100 g/mol. The number of rotatable bonds is 5. The molecular formula is C27H12O13Os3. The minimum Gasteiger partial charge on any atom is 0 e. The van der Waals surface area contributed by atoms with Gasteiger partial charge in [0.25, 0.3) is 0 Å². The number of hydrogen-bond donors (Lipinski definition) is 0. The Labute approximate surface area is 288 Å². The first-order valence-electron chi connectivity index (χ1n) is 7.89. The van der Waals surface area contributed by atoms with Crippen molar-refractivity contribution in [3.8, 4) is 0 Å². The van der Waals surface area contributed by atoms with E-state index in [1.807, 2.05) is 12.1 Å². The van der Waals surface area contributed by atoms with Gasteiger partial charge in [0.15, 0.2) is 11.6 Å². The van der Waals surface area contributed by atoms with Crippen LogP contribution in [0, 0.1) is 86.0 Å². The summed E-state index contributed by atoms with van der Waals surface area (Å²) < 4.78 is 82.5. The van der Waals surface area contributed by atoms with Gasteiger partial charge in [-0.2, -0.15) is 0 Å². The molecule has 43 heavy (non-hydrogen) atoms. The van der Waals surface area contributed by atoms with Crippen LogP contribution in [-0.4, -0.2) is 11.6 Å². The summed E-state index contributed by atoms with van der Waals surface area (Å²) in [5.74, 6) is -0.334. The molecule has 0 N–H and O–H groups in total. The van der Waals surface area contributed by atoms with Gasteiger partial charge in [-0.15, -0.1) is 0 Å². The first-order chi connectivity index (χ1) is 19.8. The first kappa shape index (κ1) is 83.4.